The predicted octanol–water partition coefficient (Wildman–Crippen LogP) is 2.05. The van der Waals surface area contributed by atoms with Gasteiger partial charge in [0.1, 0.15) is 0 Å². The topological polar surface area (TPSA) is 55.4 Å². The Labute approximate surface area is 120 Å². The molecule has 110 valence electrons. The van der Waals surface area contributed by atoms with E-state index in [0.29, 0.717) is 18.1 Å². The third kappa shape index (κ3) is 3.91. The SMILES string of the molecule is C=C(C)COCCNS(=O)(=O)c1ccc2c(c1)CCC2. The molecule has 0 saturated heterocycles. The normalized spacial score (nSPS) is 14.2. The molecule has 1 N–H and O–H groups in total. The number of sulfonamides is 1. The highest BCUT2D eigenvalue weighted by molar-refractivity contribution is 7.89. The van der Waals surface area contributed by atoms with Crippen molar-refractivity contribution in [1.29, 1.82) is 0 Å². The predicted molar refractivity (Wildman–Crippen MR) is 79.3 cm³/mol. The number of ether oxygens (including phenoxy) is 1. The van der Waals surface area contributed by atoms with E-state index in [2.05, 4.69) is 11.3 Å². The van der Waals surface area contributed by atoms with Crippen LogP contribution in [-0.2, 0) is 27.6 Å². The standard InChI is InChI=1S/C15H21NO3S/c1-12(2)11-19-9-8-16-20(17,18)15-7-6-13-4-3-5-14(13)10-15/h6-7,10,16H,1,3-5,8-9,11H2,2H3. The van der Waals surface area contributed by atoms with E-state index in [0.717, 1.165) is 30.4 Å². The first-order valence-electron chi connectivity index (χ1n) is 6.82. The molecule has 0 radical (unpaired) electrons. The van der Waals surface area contributed by atoms with E-state index in [1.165, 1.54) is 5.56 Å². The van der Waals surface area contributed by atoms with Gasteiger partial charge in [-0.3, -0.25) is 0 Å². The summed E-state index contributed by atoms with van der Waals surface area (Å²) in [6.07, 6.45) is 3.14. The van der Waals surface area contributed by atoms with Crippen molar-refractivity contribution in [2.75, 3.05) is 19.8 Å². The van der Waals surface area contributed by atoms with Gasteiger partial charge >= 0.3 is 0 Å². The van der Waals surface area contributed by atoms with Gasteiger partial charge in [0.15, 0.2) is 0 Å². The molecule has 0 aliphatic heterocycles. The molecule has 0 unspecified atom stereocenters. The summed E-state index contributed by atoms with van der Waals surface area (Å²) in [5.74, 6) is 0. The summed E-state index contributed by atoms with van der Waals surface area (Å²) in [7, 11) is -3.43. The van der Waals surface area contributed by atoms with Gasteiger partial charge in [-0.2, -0.15) is 0 Å². The molecule has 2 rings (SSSR count). The molecule has 1 aromatic carbocycles. The average molecular weight is 295 g/mol. The molecule has 0 bridgehead atoms. The van der Waals surface area contributed by atoms with Crippen LogP contribution in [0.15, 0.2) is 35.2 Å². The van der Waals surface area contributed by atoms with E-state index in [9.17, 15) is 8.42 Å². The molecule has 0 amide bonds. The molecule has 0 fully saturated rings. The Morgan fingerprint density at radius 1 is 1.35 bits per heavy atom. The summed E-state index contributed by atoms with van der Waals surface area (Å²) in [4.78, 5) is 0.345. The molecule has 5 heteroatoms. The maximum Gasteiger partial charge on any atom is 0.240 e. The Balaban J connectivity index is 1.91. The van der Waals surface area contributed by atoms with E-state index in [1.54, 1.807) is 12.1 Å². The third-order valence-corrected chi connectivity index (χ3v) is 4.73. The van der Waals surface area contributed by atoms with Crippen LogP contribution in [0.4, 0.5) is 0 Å². The van der Waals surface area contributed by atoms with Crippen molar-refractivity contribution >= 4 is 10.0 Å². The van der Waals surface area contributed by atoms with Gasteiger partial charge in [0.25, 0.3) is 0 Å². The number of fused-ring (bicyclic) bond motifs is 1. The number of rotatable bonds is 7. The second-order valence-corrected chi connectivity index (χ2v) is 6.96. The number of nitrogens with one attached hydrogen (secondary N) is 1. The number of hydrogen-bond acceptors (Lipinski definition) is 3. The molecular formula is C15H21NO3S. The fourth-order valence-electron chi connectivity index (χ4n) is 2.29. The highest BCUT2D eigenvalue weighted by Gasteiger charge is 2.17. The minimum Gasteiger partial charge on any atom is -0.376 e. The van der Waals surface area contributed by atoms with Crippen LogP contribution in [0.1, 0.15) is 24.5 Å². The Morgan fingerprint density at radius 3 is 2.85 bits per heavy atom. The van der Waals surface area contributed by atoms with Gasteiger partial charge in [0.05, 0.1) is 18.1 Å². The van der Waals surface area contributed by atoms with Gasteiger partial charge in [-0.25, -0.2) is 13.1 Å². The lowest BCUT2D eigenvalue weighted by Gasteiger charge is -2.09. The summed E-state index contributed by atoms with van der Waals surface area (Å²) in [6, 6.07) is 5.40. The Morgan fingerprint density at radius 2 is 2.10 bits per heavy atom. The fourth-order valence-corrected chi connectivity index (χ4v) is 3.36. The van der Waals surface area contributed by atoms with Crippen molar-refractivity contribution < 1.29 is 13.2 Å². The van der Waals surface area contributed by atoms with Crippen molar-refractivity contribution in [2.24, 2.45) is 0 Å². The highest BCUT2D eigenvalue weighted by atomic mass is 32.2. The molecule has 1 aliphatic carbocycles. The average Bonchev–Trinajstić information content (AvgIpc) is 2.85. The molecule has 0 atom stereocenters. The second kappa shape index (κ2) is 6.52. The largest absolute Gasteiger partial charge is 0.376 e. The molecular weight excluding hydrogens is 274 g/mol. The van der Waals surface area contributed by atoms with E-state index in [4.69, 9.17) is 4.74 Å². The quantitative estimate of drug-likeness (QED) is 0.619. The molecule has 20 heavy (non-hydrogen) atoms. The van der Waals surface area contributed by atoms with Crippen LogP contribution in [0.3, 0.4) is 0 Å². The molecule has 4 nitrogen and oxygen atoms in total. The van der Waals surface area contributed by atoms with Gasteiger partial charge in [0.2, 0.25) is 10.0 Å². The summed E-state index contributed by atoms with van der Waals surface area (Å²) < 4.78 is 32.1. The van der Waals surface area contributed by atoms with Gasteiger partial charge in [-0.05, 0) is 49.4 Å². The third-order valence-electron chi connectivity index (χ3n) is 3.27. The monoisotopic (exact) mass is 295 g/mol. The van der Waals surface area contributed by atoms with Gasteiger partial charge in [-0.15, -0.1) is 0 Å². The van der Waals surface area contributed by atoms with E-state index in [1.807, 2.05) is 13.0 Å². The maximum absolute atomic E-state index is 12.1. The lowest BCUT2D eigenvalue weighted by Crippen LogP contribution is -2.27. The van der Waals surface area contributed by atoms with Crippen LogP contribution in [-0.4, -0.2) is 28.2 Å². The molecule has 0 heterocycles. The zero-order chi connectivity index (χ0) is 14.6. The van der Waals surface area contributed by atoms with Crippen molar-refractivity contribution in [3.8, 4) is 0 Å². The zero-order valence-corrected chi connectivity index (χ0v) is 12.6. The minimum atomic E-state index is -3.43. The van der Waals surface area contributed by atoms with E-state index in [-0.39, 0.29) is 6.54 Å². The number of aryl methyl sites for hydroxylation is 2. The van der Waals surface area contributed by atoms with Crippen molar-refractivity contribution in [3.05, 3.63) is 41.5 Å². The number of hydrogen-bond donors (Lipinski definition) is 1. The molecule has 1 aliphatic rings. The van der Waals surface area contributed by atoms with Crippen LogP contribution in [0.5, 0.6) is 0 Å². The first-order chi connectivity index (χ1) is 9.49. The van der Waals surface area contributed by atoms with Crippen LogP contribution < -0.4 is 4.72 Å². The van der Waals surface area contributed by atoms with Crippen LogP contribution in [0.25, 0.3) is 0 Å². The molecule has 1 aromatic rings. The summed E-state index contributed by atoms with van der Waals surface area (Å²) in [6.45, 7) is 6.66. The molecule has 0 saturated carbocycles. The summed E-state index contributed by atoms with van der Waals surface area (Å²) in [5.41, 5.74) is 3.35. The molecule has 0 aromatic heterocycles. The lowest BCUT2D eigenvalue weighted by atomic mass is 10.1. The first kappa shape index (κ1) is 15.2. The zero-order valence-electron chi connectivity index (χ0n) is 11.8. The van der Waals surface area contributed by atoms with Gasteiger partial charge in [-0.1, -0.05) is 18.2 Å². The fraction of sp³-hybridized carbons (Fsp3) is 0.467. The second-order valence-electron chi connectivity index (χ2n) is 5.19. The maximum atomic E-state index is 12.1. The van der Waals surface area contributed by atoms with Gasteiger partial charge < -0.3 is 4.74 Å². The van der Waals surface area contributed by atoms with E-state index >= 15 is 0 Å². The van der Waals surface area contributed by atoms with Gasteiger partial charge in [0, 0.05) is 6.54 Å². The van der Waals surface area contributed by atoms with Crippen LogP contribution in [0.2, 0.25) is 0 Å². The van der Waals surface area contributed by atoms with Crippen molar-refractivity contribution in [1.82, 2.24) is 4.72 Å². The Bertz CT molecular complexity index is 593. The van der Waals surface area contributed by atoms with E-state index < -0.39 is 10.0 Å². The lowest BCUT2D eigenvalue weighted by molar-refractivity contribution is 0.162. The first-order valence-corrected chi connectivity index (χ1v) is 8.31. The van der Waals surface area contributed by atoms with Crippen LogP contribution >= 0.6 is 0 Å². The van der Waals surface area contributed by atoms with Crippen molar-refractivity contribution in [2.45, 2.75) is 31.1 Å². The summed E-state index contributed by atoms with van der Waals surface area (Å²) >= 11 is 0. The highest BCUT2D eigenvalue weighted by Crippen LogP contribution is 2.24. The minimum absolute atomic E-state index is 0.271. The smallest absolute Gasteiger partial charge is 0.240 e. The Kier molecular flexibility index (Phi) is 4.96. The van der Waals surface area contributed by atoms with Crippen LogP contribution in [0, 0.1) is 0 Å². The summed E-state index contributed by atoms with van der Waals surface area (Å²) in [5, 5.41) is 0. The van der Waals surface area contributed by atoms with Crippen molar-refractivity contribution in [3.63, 3.8) is 0 Å². The number of benzene rings is 1. The molecule has 0 spiro atoms. The Hall–Kier alpha value is -1.17.